The first-order chi connectivity index (χ1) is 12.3. The van der Waals surface area contributed by atoms with Crippen molar-refractivity contribution in [3.63, 3.8) is 0 Å². The lowest BCUT2D eigenvalue weighted by molar-refractivity contribution is -0.136. The summed E-state index contributed by atoms with van der Waals surface area (Å²) in [6.45, 7) is 6.15. The van der Waals surface area contributed by atoms with Gasteiger partial charge in [-0.3, -0.25) is 14.3 Å². The van der Waals surface area contributed by atoms with Crippen LogP contribution in [0.5, 0.6) is 0 Å². The van der Waals surface area contributed by atoms with Crippen molar-refractivity contribution >= 4 is 11.8 Å². The monoisotopic (exact) mass is 357 g/mol. The van der Waals surface area contributed by atoms with Gasteiger partial charge in [-0.2, -0.15) is 5.10 Å². The molecule has 0 unspecified atom stereocenters. The molecule has 0 radical (unpaired) electrons. The molecule has 1 fully saturated rings. The maximum Gasteiger partial charge on any atom is 0.253 e. The number of hydrogen-bond acceptors (Lipinski definition) is 3. The first-order valence-electron chi connectivity index (χ1n) is 9.03. The lowest BCUT2D eigenvalue weighted by Gasteiger charge is -2.39. The molecule has 2 aromatic heterocycles. The van der Waals surface area contributed by atoms with Gasteiger partial charge in [0.1, 0.15) is 0 Å². The molecule has 2 amide bonds. The fraction of sp³-hybridized carbons (Fsp3) is 0.526. The molecular formula is C19H27N5O2. The molecule has 2 aromatic rings. The summed E-state index contributed by atoms with van der Waals surface area (Å²) in [4.78, 5) is 26.9. The second-order valence-electron chi connectivity index (χ2n) is 7.26. The number of carbonyl (C=O) groups excluding carboxylic acids is 2. The molecule has 0 bridgehead atoms. The number of hydrogen-bond donors (Lipinski definition) is 1. The quantitative estimate of drug-likeness (QED) is 0.912. The Hall–Kier alpha value is -2.57. The van der Waals surface area contributed by atoms with Crippen LogP contribution in [0.25, 0.3) is 0 Å². The summed E-state index contributed by atoms with van der Waals surface area (Å²) in [7, 11) is 3.65. The van der Waals surface area contributed by atoms with Crippen molar-refractivity contribution in [1.29, 1.82) is 0 Å². The van der Waals surface area contributed by atoms with Gasteiger partial charge in [0.05, 0.1) is 23.3 Å². The van der Waals surface area contributed by atoms with E-state index < -0.39 is 0 Å². The summed E-state index contributed by atoms with van der Waals surface area (Å²) in [5.41, 5.74) is 2.55. The summed E-state index contributed by atoms with van der Waals surface area (Å²) in [5, 5.41) is 7.38. The highest BCUT2D eigenvalue weighted by atomic mass is 16.2. The molecule has 1 N–H and O–H groups in total. The van der Waals surface area contributed by atoms with Gasteiger partial charge in [-0.1, -0.05) is 0 Å². The van der Waals surface area contributed by atoms with Crippen LogP contribution in [0.4, 0.5) is 0 Å². The molecule has 0 aliphatic carbocycles. The van der Waals surface area contributed by atoms with E-state index in [4.69, 9.17) is 0 Å². The van der Waals surface area contributed by atoms with E-state index in [0.29, 0.717) is 24.4 Å². The number of piperidine rings is 1. The van der Waals surface area contributed by atoms with Crippen molar-refractivity contribution in [3.8, 4) is 0 Å². The Labute approximate surface area is 154 Å². The minimum Gasteiger partial charge on any atom is -0.348 e. The normalized spacial score (nSPS) is 20.7. The first-order valence-corrected chi connectivity index (χ1v) is 9.03. The second kappa shape index (κ2) is 6.97. The molecule has 140 valence electrons. The number of nitrogens with zero attached hydrogens (tertiary/aromatic N) is 4. The van der Waals surface area contributed by atoms with Crippen molar-refractivity contribution in [1.82, 2.24) is 24.6 Å². The molecule has 7 heteroatoms. The van der Waals surface area contributed by atoms with Crippen molar-refractivity contribution in [2.75, 3.05) is 7.05 Å². The van der Waals surface area contributed by atoms with E-state index in [1.807, 2.05) is 32.3 Å². The van der Waals surface area contributed by atoms with Gasteiger partial charge in [-0.25, -0.2) is 0 Å². The smallest absolute Gasteiger partial charge is 0.253 e. The van der Waals surface area contributed by atoms with Gasteiger partial charge in [0.15, 0.2) is 0 Å². The van der Waals surface area contributed by atoms with Crippen LogP contribution in [-0.2, 0) is 11.8 Å². The van der Waals surface area contributed by atoms with E-state index in [0.717, 1.165) is 11.4 Å². The minimum atomic E-state index is -0.222. The number of carbonyl (C=O) groups is 2. The second-order valence-corrected chi connectivity index (χ2v) is 7.26. The molecule has 2 atom stereocenters. The summed E-state index contributed by atoms with van der Waals surface area (Å²) in [6.07, 6.45) is 4.72. The number of amides is 2. The van der Waals surface area contributed by atoms with Crippen LogP contribution >= 0.6 is 0 Å². The Balaban J connectivity index is 1.86. The van der Waals surface area contributed by atoms with Crippen LogP contribution in [0.3, 0.4) is 0 Å². The Kier molecular flexibility index (Phi) is 4.89. The van der Waals surface area contributed by atoms with Gasteiger partial charge >= 0.3 is 0 Å². The molecule has 3 heterocycles. The average molecular weight is 357 g/mol. The van der Waals surface area contributed by atoms with Crippen molar-refractivity contribution in [3.05, 3.63) is 41.5 Å². The molecule has 3 rings (SSSR count). The molecule has 0 saturated carbocycles. The number of nitrogens with one attached hydrogen (secondary N) is 1. The molecule has 1 aliphatic heterocycles. The number of likely N-dealkylation sites (tertiary alicyclic amines) is 1. The predicted octanol–water partition coefficient (Wildman–Crippen LogP) is 2.20. The molecular weight excluding hydrogens is 330 g/mol. The largest absolute Gasteiger partial charge is 0.348 e. The SMILES string of the molecule is Cc1c(C(=O)N[C@@H]2CCC(=O)N(C)[C@H]2c2ccnn2C)ccn1C(C)C. The third kappa shape index (κ3) is 3.13. The Morgan fingerprint density at radius 2 is 2.04 bits per heavy atom. The summed E-state index contributed by atoms with van der Waals surface area (Å²) in [6, 6.07) is 3.70. The van der Waals surface area contributed by atoms with Crippen LogP contribution in [0, 0.1) is 6.92 Å². The van der Waals surface area contributed by atoms with Crippen LogP contribution in [-0.4, -0.2) is 44.2 Å². The lowest BCUT2D eigenvalue weighted by atomic mass is 9.93. The molecule has 1 aliphatic rings. The highest BCUT2D eigenvalue weighted by molar-refractivity contribution is 5.95. The van der Waals surface area contributed by atoms with Crippen LogP contribution in [0.2, 0.25) is 0 Å². The molecule has 0 spiro atoms. The van der Waals surface area contributed by atoms with E-state index in [1.54, 1.807) is 22.8 Å². The van der Waals surface area contributed by atoms with Gasteiger partial charge in [0.2, 0.25) is 5.91 Å². The highest BCUT2D eigenvalue weighted by Gasteiger charge is 2.37. The zero-order valence-corrected chi connectivity index (χ0v) is 16.1. The van der Waals surface area contributed by atoms with Crippen LogP contribution in [0.1, 0.15) is 60.5 Å². The Morgan fingerprint density at radius 1 is 1.31 bits per heavy atom. The van der Waals surface area contributed by atoms with E-state index >= 15 is 0 Å². The highest BCUT2D eigenvalue weighted by Crippen LogP contribution is 2.31. The van der Waals surface area contributed by atoms with E-state index in [9.17, 15) is 9.59 Å². The van der Waals surface area contributed by atoms with Crippen molar-refractivity contribution in [2.45, 2.75) is 51.7 Å². The van der Waals surface area contributed by atoms with Gasteiger partial charge in [0, 0.05) is 44.6 Å². The van der Waals surface area contributed by atoms with Gasteiger partial charge in [-0.15, -0.1) is 0 Å². The number of rotatable bonds is 4. The first kappa shape index (κ1) is 18.2. The Bertz CT molecular complexity index is 820. The zero-order chi connectivity index (χ0) is 19.0. The number of aromatic nitrogens is 3. The summed E-state index contributed by atoms with van der Waals surface area (Å²) >= 11 is 0. The summed E-state index contributed by atoms with van der Waals surface area (Å²) in [5.74, 6) is -0.00865. The minimum absolute atomic E-state index is 0.0869. The van der Waals surface area contributed by atoms with Crippen molar-refractivity contribution < 1.29 is 9.59 Å². The fourth-order valence-corrected chi connectivity index (χ4v) is 3.84. The third-order valence-electron chi connectivity index (χ3n) is 5.32. The number of likely N-dealkylation sites (N-methyl/N-ethyl adjacent to an activating group) is 1. The Morgan fingerprint density at radius 3 is 2.62 bits per heavy atom. The maximum absolute atomic E-state index is 12.9. The van der Waals surface area contributed by atoms with E-state index in [2.05, 4.69) is 28.8 Å². The standard InChI is InChI=1S/C19H27N5O2/c1-12(2)24-11-9-14(13(24)3)19(26)21-15-6-7-17(25)22(4)18(15)16-8-10-20-23(16)5/h8-12,15,18H,6-7H2,1-5H3,(H,21,26)/t15-,18-/m1/s1. The van der Waals surface area contributed by atoms with Crippen LogP contribution in [0.15, 0.2) is 24.5 Å². The molecule has 7 nitrogen and oxygen atoms in total. The van der Waals surface area contributed by atoms with E-state index in [-0.39, 0.29) is 23.9 Å². The molecule has 0 aromatic carbocycles. The topological polar surface area (TPSA) is 72.2 Å². The molecule has 26 heavy (non-hydrogen) atoms. The zero-order valence-electron chi connectivity index (χ0n) is 16.1. The third-order valence-corrected chi connectivity index (χ3v) is 5.32. The van der Waals surface area contributed by atoms with E-state index in [1.165, 1.54) is 0 Å². The summed E-state index contributed by atoms with van der Waals surface area (Å²) < 4.78 is 3.85. The molecule has 1 saturated heterocycles. The predicted molar refractivity (Wildman–Crippen MR) is 98.8 cm³/mol. The maximum atomic E-state index is 12.9. The van der Waals surface area contributed by atoms with Crippen LogP contribution < -0.4 is 5.32 Å². The van der Waals surface area contributed by atoms with Gasteiger partial charge < -0.3 is 14.8 Å². The fourth-order valence-electron chi connectivity index (χ4n) is 3.84. The van der Waals surface area contributed by atoms with Crippen molar-refractivity contribution in [2.24, 2.45) is 7.05 Å². The average Bonchev–Trinajstić information content (AvgIpc) is 3.17. The lowest BCUT2D eigenvalue weighted by Crippen LogP contribution is -2.51. The van der Waals surface area contributed by atoms with Gasteiger partial charge in [0.25, 0.3) is 5.91 Å². The van der Waals surface area contributed by atoms with Gasteiger partial charge in [-0.05, 0) is 39.3 Å². The number of aryl methyl sites for hydroxylation is 1.